The summed E-state index contributed by atoms with van der Waals surface area (Å²) in [5.41, 5.74) is 1.48. The van der Waals surface area contributed by atoms with Crippen molar-refractivity contribution < 1.29 is 9.59 Å². The molecule has 7 nitrogen and oxygen atoms in total. The van der Waals surface area contributed by atoms with Gasteiger partial charge in [0.05, 0.1) is 11.3 Å². The van der Waals surface area contributed by atoms with Gasteiger partial charge in [0.2, 0.25) is 5.91 Å². The van der Waals surface area contributed by atoms with Crippen LogP contribution in [0.5, 0.6) is 0 Å². The summed E-state index contributed by atoms with van der Waals surface area (Å²) in [4.78, 5) is 39.2. The van der Waals surface area contributed by atoms with Crippen molar-refractivity contribution in [2.24, 2.45) is 5.41 Å². The molecule has 2 aliphatic heterocycles. The van der Waals surface area contributed by atoms with Crippen LogP contribution in [0.4, 0.5) is 0 Å². The van der Waals surface area contributed by atoms with E-state index in [9.17, 15) is 9.59 Å². The number of rotatable bonds is 4. The SMILES string of the molecule is Cc1ncncc1C(=O)N1CCC2(CCC(=O)N(CCN(C)C)C2)CC1. The van der Waals surface area contributed by atoms with Gasteiger partial charge in [0.25, 0.3) is 5.91 Å². The number of aryl methyl sites for hydroxylation is 1. The fraction of sp³-hybridized carbons (Fsp3) is 0.684. The number of likely N-dealkylation sites (tertiary alicyclic amines) is 2. The lowest BCUT2D eigenvalue weighted by Gasteiger charge is -2.47. The molecule has 3 heterocycles. The Morgan fingerprint density at radius 2 is 2.00 bits per heavy atom. The van der Waals surface area contributed by atoms with E-state index in [-0.39, 0.29) is 17.2 Å². The van der Waals surface area contributed by atoms with Crippen LogP contribution < -0.4 is 0 Å². The number of aromatic nitrogens is 2. The van der Waals surface area contributed by atoms with E-state index in [0.717, 1.165) is 57.7 Å². The van der Waals surface area contributed by atoms with Crippen molar-refractivity contribution in [3.8, 4) is 0 Å². The summed E-state index contributed by atoms with van der Waals surface area (Å²) in [6, 6.07) is 0. The Kier molecular flexibility index (Phi) is 5.55. The fourth-order valence-corrected chi connectivity index (χ4v) is 3.99. The molecule has 0 saturated carbocycles. The van der Waals surface area contributed by atoms with Crippen molar-refractivity contribution in [1.82, 2.24) is 24.7 Å². The largest absolute Gasteiger partial charge is 0.341 e. The van der Waals surface area contributed by atoms with Crippen molar-refractivity contribution in [2.45, 2.75) is 32.6 Å². The van der Waals surface area contributed by atoms with Crippen molar-refractivity contribution in [3.63, 3.8) is 0 Å². The number of carbonyl (C=O) groups excluding carboxylic acids is 2. The average molecular weight is 359 g/mol. The highest BCUT2D eigenvalue weighted by atomic mass is 16.2. The highest BCUT2D eigenvalue weighted by molar-refractivity contribution is 5.95. The lowest BCUT2D eigenvalue weighted by molar-refractivity contribution is -0.139. The van der Waals surface area contributed by atoms with E-state index < -0.39 is 0 Å². The molecule has 2 amide bonds. The van der Waals surface area contributed by atoms with Crippen molar-refractivity contribution in [2.75, 3.05) is 46.8 Å². The van der Waals surface area contributed by atoms with Gasteiger partial charge >= 0.3 is 0 Å². The molecule has 0 aromatic carbocycles. The molecule has 2 fully saturated rings. The first-order chi connectivity index (χ1) is 12.4. The van der Waals surface area contributed by atoms with Crippen LogP contribution in [0.3, 0.4) is 0 Å². The minimum absolute atomic E-state index is 0.0225. The third kappa shape index (κ3) is 4.03. The zero-order valence-corrected chi connectivity index (χ0v) is 16.1. The van der Waals surface area contributed by atoms with Crippen molar-refractivity contribution >= 4 is 11.8 Å². The lowest BCUT2D eigenvalue weighted by Crippen LogP contribution is -2.53. The normalized spacial score (nSPS) is 20.1. The summed E-state index contributed by atoms with van der Waals surface area (Å²) in [5, 5.41) is 0. The molecule has 142 valence electrons. The molecular formula is C19H29N5O2. The van der Waals surface area contributed by atoms with Crippen LogP contribution in [0.15, 0.2) is 12.5 Å². The second kappa shape index (κ2) is 7.70. The monoisotopic (exact) mass is 359 g/mol. The van der Waals surface area contributed by atoms with E-state index in [1.165, 1.54) is 6.33 Å². The standard InChI is InChI=1S/C19H29N5O2/c1-15-16(12-20-14-21-15)18(26)23-8-6-19(7-9-23)5-4-17(25)24(13-19)11-10-22(2)3/h12,14H,4-11,13H2,1-3H3. The number of carbonyl (C=O) groups is 2. The number of amides is 2. The molecule has 0 atom stereocenters. The zero-order valence-electron chi connectivity index (χ0n) is 16.1. The average Bonchev–Trinajstić information content (AvgIpc) is 2.63. The Labute approximate surface area is 155 Å². The third-order valence-corrected chi connectivity index (χ3v) is 5.82. The molecule has 26 heavy (non-hydrogen) atoms. The highest BCUT2D eigenvalue weighted by Crippen LogP contribution is 2.40. The smallest absolute Gasteiger partial charge is 0.257 e. The lowest BCUT2D eigenvalue weighted by atomic mass is 9.72. The van der Waals surface area contributed by atoms with Crippen molar-refractivity contribution in [3.05, 3.63) is 23.8 Å². The maximum Gasteiger partial charge on any atom is 0.257 e. The summed E-state index contributed by atoms with van der Waals surface area (Å²) >= 11 is 0. The molecular weight excluding hydrogens is 330 g/mol. The molecule has 0 unspecified atom stereocenters. The summed E-state index contributed by atoms with van der Waals surface area (Å²) in [5.74, 6) is 0.294. The minimum atomic E-state index is 0.0225. The Balaban J connectivity index is 1.61. The minimum Gasteiger partial charge on any atom is -0.341 e. The molecule has 2 saturated heterocycles. The van der Waals surface area contributed by atoms with E-state index in [0.29, 0.717) is 12.0 Å². The van der Waals surface area contributed by atoms with E-state index in [1.54, 1.807) is 6.20 Å². The highest BCUT2D eigenvalue weighted by Gasteiger charge is 2.41. The Morgan fingerprint density at radius 3 is 2.65 bits per heavy atom. The Morgan fingerprint density at radius 1 is 1.27 bits per heavy atom. The molecule has 1 aromatic rings. The first kappa shape index (κ1) is 18.8. The van der Waals surface area contributed by atoms with Crippen molar-refractivity contribution in [1.29, 1.82) is 0 Å². The van der Waals surface area contributed by atoms with Gasteiger partial charge in [-0.1, -0.05) is 0 Å². The van der Waals surface area contributed by atoms with E-state index in [2.05, 4.69) is 14.9 Å². The second-order valence-corrected chi connectivity index (χ2v) is 7.93. The van der Waals surface area contributed by atoms with Gasteiger partial charge in [-0.3, -0.25) is 9.59 Å². The van der Waals surface area contributed by atoms with Gasteiger partial charge in [-0.25, -0.2) is 9.97 Å². The van der Waals surface area contributed by atoms with Crippen LogP contribution in [-0.2, 0) is 4.79 Å². The zero-order chi connectivity index (χ0) is 18.7. The number of nitrogens with zero attached hydrogens (tertiary/aromatic N) is 5. The van der Waals surface area contributed by atoms with Crippen LogP contribution in [0, 0.1) is 12.3 Å². The molecule has 3 rings (SSSR count). The van der Waals surface area contributed by atoms with Crippen LogP contribution in [0.25, 0.3) is 0 Å². The van der Waals surface area contributed by atoms with Crippen LogP contribution in [0.1, 0.15) is 41.7 Å². The van der Waals surface area contributed by atoms with Gasteiger partial charge in [0.15, 0.2) is 0 Å². The summed E-state index contributed by atoms with van der Waals surface area (Å²) < 4.78 is 0. The number of likely N-dealkylation sites (N-methyl/N-ethyl adjacent to an activating group) is 1. The topological polar surface area (TPSA) is 69.6 Å². The van der Waals surface area contributed by atoms with E-state index in [4.69, 9.17) is 0 Å². The predicted octanol–water partition coefficient (Wildman–Crippen LogP) is 1.19. The van der Waals surface area contributed by atoms with Gasteiger partial charge < -0.3 is 14.7 Å². The Hall–Kier alpha value is -2.02. The van der Waals surface area contributed by atoms with Gasteiger partial charge in [-0.2, -0.15) is 0 Å². The summed E-state index contributed by atoms with van der Waals surface area (Å²) in [6.07, 6.45) is 6.57. The van der Waals surface area contributed by atoms with Crippen LogP contribution in [0.2, 0.25) is 0 Å². The van der Waals surface area contributed by atoms with Gasteiger partial charge in [-0.05, 0) is 45.7 Å². The van der Waals surface area contributed by atoms with Gasteiger partial charge in [0.1, 0.15) is 6.33 Å². The third-order valence-electron chi connectivity index (χ3n) is 5.82. The van der Waals surface area contributed by atoms with Crippen LogP contribution in [-0.4, -0.2) is 83.3 Å². The molecule has 7 heteroatoms. The predicted molar refractivity (Wildman–Crippen MR) is 98.7 cm³/mol. The molecule has 1 aromatic heterocycles. The first-order valence-corrected chi connectivity index (χ1v) is 9.39. The summed E-state index contributed by atoms with van der Waals surface area (Å²) in [7, 11) is 4.06. The molecule has 0 radical (unpaired) electrons. The second-order valence-electron chi connectivity index (χ2n) is 7.93. The van der Waals surface area contributed by atoms with Gasteiger partial charge in [0, 0.05) is 45.3 Å². The maximum absolute atomic E-state index is 12.8. The van der Waals surface area contributed by atoms with E-state index >= 15 is 0 Å². The van der Waals surface area contributed by atoms with Gasteiger partial charge in [-0.15, -0.1) is 0 Å². The molecule has 0 N–H and O–H groups in total. The number of piperidine rings is 2. The number of hydrogen-bond donors (Lipinski definition) is 0. The Bertz CT molecular complexity index is 668. The van der Waals surface area contributed by atoms with Crippen LogP contribution >= 0.6 is 0 Å². The number of hydrogen-bond acceptors (Lipinski definition) is 5. The first-order valence-electron chi connectivity index (χ1n) is 9.39. The summed E-state index contributed by atoms with van der Waals surface area (Å²) in [6.45, 7) is 5.83. The molecule has 2 aliphatic rings. The molecule has 0 bridgehead atoms. The molecule has 1 spiro atoms. The molecule has 0 aliphatic carbocycles. The van der Waals surface area contributed by atoms with E-state index in [1.807, 2.05) is 30.8 Å². The maximum atomic E-state index is 12.8. The fourth-order valence-electron chi connectivity index (χ4n) is 3.99. The quantitative estimate of drug-likeness (QED) is 0.808.